The maximum absolute atomic E-state index is 5.21. The molecule has 0 fully saturated rings. The average molecular weight is 101 g/mol. The minimum Gasteiger partial charge on any atom is -0.345 e. The van der Waals surface area contributed by atoms with Crippen molar-refractivity contribution in [3.8, 4) is 0 Å². The lowest BCUT2D eigenvalue weighted by Gasteiger charge is -1.85. The summed E-state index contributed by atoms with van der Waals surface area (Å²) < 4.78 is 0. The van der Waals surface area contributed by atoms with E-state index in [1.807, 2.05) is 0 Å². The topological polar surface area (TPSA) is 44.5 Å². The summed E-state index contributed by atoms with van der Waals surface area (Å²) in [6.45, 7) is 1.05. The molecule has 0 bridgehead atoms. The molecule has 0 unspecified atom stereocenters. The summed E-state index contributed by atoms with van der Waals surface area (Å²) in [5.74, 6) is 0. The molecule has 1 aliphatic heterocycles. The van der Waals surface area contributed by atoms with Crippen molar-refractivity contribution in [1.82, 2.24) is 0 Å². The van der Waals surface area contributed by atoms with Crippen molar-refractivity contribution in [2.24, 2.45) is 5.73 Å². The monoisotopic (exact) mass is 101 g/mol. The van der Waals surface area contributed by atoms with Gasteiger partial charge in [0.1, 0.15) is 12.9 Å². The molecule has 0 saturated carbocycles. The molecule has 0 aromatic heterocycles. The van der Waals surface area contributed by atoms with Gasteiger partial charge in [0.15, 0.2) is 0 Å². The van der Waals surface area contributed by atoms with E-state index in [9.17, 15) is 0 Å². The predicted octanol–water partition coefficient (Wildman–Crippen LogP) is -0.209. The first-order valence-electron chi connectivity index (χ1n) is 2.10. The van der Waals surface area contributed by atoms with Crippen molar-refractivity contribution in [2.75, 3.05) is 13.2 Å². The number of hydrogen-bond acceptors (Lipinski definition) is 3. The first-order valence-corrected chi connectivity index (χ1v) is 2.10. The molecule has 0 spiro atoms. The van der Waals surface area contributed by atoms with Gasteiger partial charge in [-0.1, -0.05) is 0 Å². The van der Waals surface area contributed by atoms with Crippen LogP contribution in [0.15, 0.2) is 11.8 Å². The maximum Gasteiger partial charge on any atom is 0.132 e. The van der Waals surface area contributed by atoms with Crippen LogP contribution in [0.2, 0.25) is 0 Å². The molecule has 0 saturated heterocycles. The highest BCUT2D eigenvalue weighted by Gasteiger charge is 2.01. The van der Waals surface area contributed by atoms with E-state index in [2.05, 4.69) is 9.78 Å². The molecule has 0 aromatic rings. The molecule has 0 atom stereocenters. The Morgan fingerprint density at radius 2 is 2.71 bits per heavy atom. The van der Waals surface area contributed by atoms with Gasteiger partial charge in [-0.25, -0.2) is 0 Å². The van der Waals surface area contributed by atoms with Crippen LogP contribution in [0.4, 0.5) is 0 Å². The molecule has 1 heterocycles. The average Bonchev–Trinajstić information content (AvgIpc) is 2.14. The lowest BCUT2D eigenvalue weighted by atomic mass is 10.3. The number of nitrogens with two attached hydrogens (primary N) is 1. The highest BCUT2D eigenvalue weighted by Crippen LogP contribution is 2.01. The van der Waals surface area contributed by atoms with Gasteiger partial charge in [-0.15, -0.1) is 0 Å². The third-order valence-corrected chi connectivity index (χ3v) is 0.789. The van der Waals surface area contributed by atoms with Crippen LogP contribution in [0.3, 0.4) is 0 Å². The second kappa shape index (κ2) is 1.95. The Hall–Kier alpha value is -0.540. The van der Waals surface area contributed by atoms with E-state index >= 15 is 0 Å². The van der Waals surface area contributed by atoms with Crippen molar-refractivity contribution < 1.29 is 9.78 Å². The number of hydrogen-bond donors (Lipinski definition) is 1. The molecule has 0 aromatic carbocycles. The van der Waals surface area contributed by atoms with Crippen molar-refractivity contribution >= 4 is 0 Å². The fourth-order valence-electron chi connectivity index (χ4n) is 0.353. The van der Waals surface area contributed by atoms with Gasteiger partial charge >= 0.3 is 0 Å². The molecule has 3 nitrogen and oxygen atoms in total. The van der Waals surface area contributed by atoms with E-state index in [-0.39, 0.29) is 0 Å². The van der Waals surface area contributed by atoms with Crippen LogP contribution in [0, 0.1) is 0 Å². The van der Waals surface area contributed by atoms with Gasteiger partial charge in [0, 0.05) is 12.1 Å². The van der Waals surface area contributed by atoms with E-state index in [1.54, 1.807) is 0 Å². The first-order chi connectivity index (χ1) is 3.43. The summed E-state index contributed by atoms with van der Waals surface area (Å²) in [5, 5.41) is 0. The largest absolute Gasteiger partial charge is 0.345 e. The summed E-state index contributed by atoms with van der Waals surface area (Å²) in [6.07, 6.45) is 1.53. The zero-order valence-corrected chi connectivity index (χ0v) is 3.89. The molecular weight excluding hydrogens is 94.0 g/mol. The Labute approximate surface area is 41.6 Å². The second-order valence-corrected chi connectivity index (χ2v) is 1.34. The Morgan fingerprint density at radius 3 is 3.00 bits per heavy atom. The van der Waals surface area contributed by atoms with E-state index in [4.69, 9.17) is 5.73 Å². The van der Waals surface area contributed by atoms with E-state index in [0.29, 0.717) is 13.2 Å². The Bertz CT molecular complexity index is 89.7. The molecule has 0 radical (unpaired) electrons. The van der Waals surface area contributed by atoms with Gasteiger partial charge in [0.25, 0.3) is 0 Å². The minimum absolute atomic E-state index is 0.524. The third-order valence-electron chi connectivity index (χ3n) is 0.789. The van der Waals surface area contributed by atoms with Crippen molar-refractivity contribution in [1.29, 1.82) is 0 Å². The summed E-state index contributed by atoms with van der Waals surface area (Å²) >= 11 is 0. The van der Waals surface area contributed by atoms with Crippen LogP contribution in [0.1, 0.15) is 0 Å². The van der Waals surface area contributed by atoms with Gasteiger partial charge in [0.2, 0.25) is 0 Å². The third kappa shape index (κ3) is 0.913. The van der Waals surface area contributed by atoms with Gasteiger partial charge in [-0.3, -0.25) is 0 Å². The Balaban J connectivity index is 2.36. The van der Waals surface area contributed by atoms with E-state index < -0.39 is 0 Å². The molecule has 2 N–H and O–H groups in total. The highest BCUT2D eigenvalue weighted by atomic mass is 17.2. The number of rotatable bonds is 1. The smallest absolute Gasteiger partial charge is 0.132 e. The molecule has 3 heteroatoms. The quantitative estimate of drug-likeness (QED) is 0.465. The Morgan fingerprint density at radius 1 is 1.86 bits per heavy atom. The van der Waals surface area contributed by atoms with Crippen LogP contribution >= 0.6 is 0 Å². The van der Waals surface area contributed by atoms with Crippen molar-refractivity contribution in [3.05, 3.63) is 11.8 Å². The molecule has 1 aliphatic rings. The molecule has 40 valence electrons. The second-order valence-electron chi connectivity index (χ2n) is 1.34. The molecule has 0 amide bonds. The van der Waals surface area contributed by atoms with Crippen LogP contribution in [-0.2, 0) is 9.78 Å². The van der Waals surface area contributed by atoms with Gasteiger partial charge < -0.3 is 10.6 Å². The van der Waals surface area contributed by atoms with Crippen molar-refractivity contribution in [2.45, 2.75) is 0 Å². The summed E-state index contributed by atoms with van der Waals surface area (Å²) in [4.78, 5) is 8.88. The normalized spacial score (nSPS) is 18.7. The highest BCUT2D eigenvalue weighted by molar-refractivity contribution is 5.01. The lowest BCUT2D eigenvalue weighted by molar-refractivity contribution is -0.221. The summed E-state index contributed by atoms with van der Waals surface area (Å²) in [7, 11) is 0. The SMILES string of the molecule is NCC1=COOC1. The first kappa shape index (κ1) is 4.61. The van der Waals surface area contributed by atoms with Gasteiger partial charge in [-0.2, -0.15) is 4.89 Å². The maximum atomic E-state index is 5.21. The van der Waals surface area contributed by atoms with Gasteiger partial charge in [-0.05, 0) is 0 Å². The van der Waals surface area contributed by atoms with Gasteiger partial charge in [0.05, 0.1) is 0 Å². The minimum atomic E-state index is 0.524. The van der Waals surface area contributed by atoms with E-state index in [0.717, 1.165) is 5.57 Å². The van der Waals surface area contributed by atoms with Crippen LogP contribution in [0.5, 0.6) is 0 Å². The van der Waals surface area contributed by atoms with Crippen LogP contribution in [0.25, 0.3) is 0 Å². The molecular formula is C4H7NO2. The zero-order valence-electron chi connectivity index (χ0n) is 3.89. The lowest BCUT2D eigenvalue weighted by Crippen LogP contribution is -2.03. The molecule has 7 heavy (non-hydrogen) atoms. The Kier molecular flexibility index (Phi) is 1.29. The standard InChI is InChI=1S/C4H7NO2/c5-1-4-2-6-7-3-4/h2H,1,3,5H2. The predicted molar refractivity (Wildman–Crippen MR) is 24.2 cm³/mol. The summed E-state index contributed by atoms with van der Waals surface area (Å²) in [6, 6.07) is 0. The molecule has 1 rings (SSSR count). The fourth-order valence-corrected chi connectivity index (χ4v) is 0.353. The molecule has 0 aliphatic carbocycles. The van der Waals surface area contributed by atoms with Crippen molar-refractivity contribution in [3.63, 3.8) is 0 Å². The fraction of sp³-hybridized carbons (Fsp3) is 0.500. The summed E-state index contributed by atoms with van der Waals surface area (Å²) in [5.41, 5.74) is 6.21. The van der Waals surface area contributed by atoms with Crippen LogP contribution in [-0.4, -0.2) is 13.2 Å². The van der Waals surface area contributed by atoms with Crippen LogP contribution < -0.4 is 5.73 Å². The zero-order chi connectivity index (χ0) is 5.11. The van der Waals surface area contributed by atoms with E-state index in [1.165, 1.54) is 6.26 Å².